The van der Waals surface area contributed by atoms with E-state index in [1.165, 1.54) is 6.20 Å². The van der Waals surface area contributed by atoms with Gasteiger partial charge in [-0.05, 0) is 19.1 Å². The second kappa shape index (κ2) is 3.21. The van der Waals surface area contributed by atoms with Crippen molar-refractivity contribution < 1.29 is 5.11 Å². The maximum atomic E-state index is 8.89. The minimum absolute atomic E-state index is 0.592. The average Bonchev–Trinajstić information content (AvgIpc) is 1.93. The summed E-state index contributed by atoms with van der Waals surface area (Å²) >= 11 is 0. The summed E-state index contributed by atoms with van der Waals surface area (Å²) in [4.78, 5) is 3.92. The molecule has 0 aliphatic carbocycles. The molecule has 0 radical (unpaired) electrons. The van der Waals surface area contributed by atoms with Crippen LogP contribution in [-0.4, -0.2) is 16.3 Å². The quantitative estimate of drug-likeness (QED) is 0.538. The number of rotatable bonds is 2. The molecule has 1 atom stereocenters. The summed E-state index contributed by atoms with van der Waals surface area (Å²) in [6.07, 6.45) is 0.941. The van der Waals surface area contributed by atoms with Crippen LogP contribution in [0.15, 0.2) is 18.3 Å². The lowest BCUT2D eigenvalue weighted by Crippen LogP contribution is -2.14. The van der Waals surface area contributed by atoms with Crippen molar-refractivity contribution in [2.24, 2.45) is 0 Å². The largest absolute Gasteiger partial charge is 0.397 e. The molecule has 1 aromatic heterocycles. The standard InChI is InChI=1S/C7H11N3O/c1-5(11)10-7-3-2-6(8)4-9-7/h2-5,11H,8H2,1H3,(H,9,10). The molecular formula is C7H11N3O. The zero-order chi connectivity index (χ0) is 8.27. The highest BCUT2D eigenvalue weighted by atomic mass is 16.3. The first-order valence-electron chi connectivity index (χ1n) is 3.34. The Labute approximate surface area is 65.1 Å². The fraction of sp³-hybridized carbons (Fsp3) is 0.286. The first kappa shape index (κ1) is 7.81. The van der Waals surface area contributed by atoms with Gasteiger partial charge in [-0.3, -0.25) is 0 Å². The normalized spacial score (nSPS) is 12.5. The van der Waals surface area contributed by atoms with Crippen molar-refractivity contribution in [2.75, 3.05) is 11.1 Å². The van der Waals surface area contributed by atoms with Crippen LogP contribution in [0.5, 0.6) is 0 Å². The highest BCUT2D eigenvalue weighted by Gasteiger charge is 1.95. The summed E-state index contributed by atoms with van der Waals surface area (Å²) in [6.45, 7) is 1.62. The van der Waals surface area contributed by atoms with E-state index in [9.17, 15) is 0 Å². The van der Waals surface area contributed by atoms with Gasteiger partial charge in [0.15, 0.2) is 0 Å². The van der Waals surface area contributed by atoms with E-state index in [1.54, 1.807) is 19.1 Å². The van der Waals surface area contributed by atoms with Gasteiger partial charge in [-0.2, -0.15) is 0 Å². The van der Waals surface area contributed by atoms with Gasteiger partial charge < -0.3 is 16.2 Å². The third-order valence-electron chi connectivity index (χ3n) is 1.14. The lowest BCUT2D eigenvalue weighted by atomic mass is 10.4. The Balaban J connectivity index is 2.66. The Bertz CT molecular complexity index is 220. The van der Waals surface area contributed by atoms with Crippen LogP contribution in [0.25, 0.3) is 0 Å². The molecule has 0 fully saturated rings. The number of nitrogens with zero attached hydrogens (tertiary/aromatic N) is 1. The van der Waals surface area contributed by atoms with Gasteiger partial charge >= 0.3 is 0 Å². The molecule has 0 aliphatic rings. The molecule has 60 valence electrons. The summed E-state index contributed by atoms with van der Waals surface area (Å²) in [5.41, 5.74) is 6.02. The van der Waals surface area contributed by atoms with Gasteiger partial charge in [-0.25, -0.2) is 4.98 Å². The number of aromatic nitrogens is 1. The Morgan fingerprint density at radius 3 is 2.82 bits per heavy atom. The van der Waals surface area contributed by atoms with E-state index in [0.29, 0.717) is 11.5 Å². The van der Waals surface area contributed by atoms with Crippen molar-refractivity contribution in [1.82, 2.24) is 4.98 Å². The van der Waals surface area contributed by atoms with Gasteiger partial charge in [0, 0.05) is 0 Å². The molecule has 0 saturated carbocycles. The molecule has 1 aromatic rings. The molecule has 0 bridgehead atoms. The number of nitrogens with two attached hydrogens (primary N) is 1. The SMILES string of the molecule is CC(O)Nc1ccc(N)cn1. The number of aliphatic hydroxyl groups excluding tert-OH is 1. The van der Waals surface area contributed by atoms with E-state index in [0.717, 1.165) is 0 Å². The van der Waals surface area contributed by atoms with E-state index in [-0.39, 0.29) is 0 Å². The molecule has 11 heavy (non-hydrogen) atoms. The van der Waals surface area contributed by atoms with Crippen LogP contribution in [0.1, 0.15) is 6.92 Å². The Hall–Kier alpha value is -1.29. The van der Waals surface area contributed by atoms with Crippen LogP contribution in [-0.2, 0) is 0 Å². The van der Waals surface area contributed by atoms with Crippen molar-refractivity contribution in [1.29, 1.82) is 0 Å². The smallest absolute Gasteiger partial charge is 0.128 e. The molecular weight excluding hydrogens is 142 g/mol. The third-order valence-corrected chi connectivity index (χ3v) is 1.14. The van der Waals surface area contributed by atoms with Gasteiger partial charge in [0.1, 0.15) is 12.0 Å². The minimum atomic E-state index is -0.592. The fourth-order valence-electron chi connectivity index (χ4n) is 0.705. The molecule has 0 aliphatic heterocycles. The summed E-state index contributed by atoms with van der Waals surface area (Å²) in [5, 5.41) is 11.6. The Morgan fingerprint density at radius 2 is 2.36 bits per heavy atom. The fourth-order valence-corrected chi connectivity index (χ4v) is 0.705. The van der Waals surface area contributed by atoms with Crippen molar-refractivity contribution >= 4 is 11.5 Å². The lowest BCUT2D eigenvalue weighted by Gasteiger charge is -2.06. The molecule has 1 heterocycles. The zero-order valence-electron chi connectivity index (χ0n) is 6.28. The summed E-state index contributed by atoms with van der Waals surface area (Å²) in [5.74, 6) is 0.620. The van der Waals surface area contributed by atoms with E-state index < -0.39 is 6.23 Å². The number of anilines is 2. The first-order valence-corrected chi connectivity index (χ1v) is 3.34. The second-order valence-electron chi connectivity index (χ2n) is 2.30. The van der Waals surface area contributed by atoms with Gasteiger partial charge in [-0.15, -0.1) is 0 Å². The maximum Gasteiger partial charge on any atom is 0.128 e. The third kappa shape index (κ3) is 2.43. The van der Waals surface area contributed by atoms with Crippen LogP contribution >= 0.6 is 0 Å². The van der Waals surface area contributed by atoms with Crippen molar-refractivity contribution in [2.45, 2.75) is 13.2 Å². The van der Waals surface area contributed by atoms with Crippen LogP contribution < -0.4 is 11.1 Å². The molecule has 0 saturated heterocycles. The molecule has 4 heteroatoms. The van der Waals surface area contributed by atoms with Crippen molar-refractivity contribution in [3.8, 4) is 0 Å². The van der Waals surface area contributed by atoms with Gasteiger partial charge in [0.25, 0.3) is 0 Å². The minimum Gasteiger partial charge on any atom is -0.397 e. The molecule has 0 aromatic carbocycles. The summed E-state index contributed by atoms with van der Waals surface area (Å²) in [6, 6.07) is 3.43. The second-order valence-corrected chi connectivity index (χ2v) is 2.30. The number of hydrogen-bond acceptors (Lipinski definition) is 4. The number of nitrogens with one attached hydrogen (secondary N) is 1. The number of pyridine rings is 1. The lowest BCUT2D eigenvalue weighted by molar-refractivity contribution is 0.224. The van der Waals surface area contributed by atoms with Crippen molar-refractivity contribution in [3.63, 3.8) is 0 Å². The predicted molar refractivity (Wildman–Crippen MR) is 44.0 cm³/mol. The van der Waals surface area contributed by atoms with E-state index in [4.69, 9.17) is 10.8 Å². The van der Waals surface area contributed by atoms with Crippen molar-refractivity contribution in [3.05, 3.63) is 18.3 Å². The van der Waals surface area contributed by atoms with Crippen LogP contribution in [0, 0.1) is 0 Å². The van der Waals surface area contributed by atoms with Gasteiger partial charge in [0.05, 0.1) is 11.9 Å². The maximum absolute atomic E-state index is 8.89. The summed E-state index contributed by atoms with van der Waals surface area (Å²) < 4.78 is 0. The first-order chi connectivity index (χ1) is 5.18. The molecule has 0 amide bonds. The molecule has 4 nitrogen and oxygen atoms in total. The molecule has 1 unspecified atom stereocenters. The van der Waals surface area contributed by atoms with Crippen LogP contribution in [0.4, 0.5) is 11.5 Å². The van der Waals surface area contributed by atoms with Gasteiger partial charge in [0.2, 0.25) is 0 Å². The number of hydrogen-bond donors (Lipinski definition) is 3. The number of aliphatic hydroxyl groups is 1. The highest BCUT2D eigenvalue weighted by Crippen LogP contribution is 2.05. The van der Waals surface area contributed by atoms with E-state index in [1.807, 2.05) is 0 Å². The van der Waals surface area contributed by atoms with E-state index >= 15 is 0 Å². The average molecular weight is 153 g/mol. The molecule has 1 rings (SSSR count). The van der Waals surface area contributed by atoms with Crippen LogP contribution in [0.2, 0.25) is 0 Å². The monoisotopic (exact) mass is 153 g/mol. The number of nitrogen functional groups attached to an aromatic ring is 1. The Morgan fingerprint density at radius 1 is 1.64 bits per heavy atom. The predicted octanol–water partition coefficient (Wildman–Crippen LogP) is 0.414. The zero-order valence-corrected chi connectivity index (χ0v) is 6.28. The topological polar surface area (TPSA) is 71.2 Å². The molecule has 0 spiro atoms. The van der Waals surface area contributed by atoms with E-state index in [2.05, 4.69) is 10.3 Å². The summed E-state index contributed by atoms with van der Waals surface area (Å²) in [7, 11) is 0. The van der Waals surface area contributed by atoms with Crippen LogP contribution in [0.3, 0.4) is 0 Å². The highest BCUT2D eigenvalue weighted by molar-refractivity contribution is 5.43. The van der Waals surface area contributed by atoms with Gasteiger partial charge in [-0.1, -0.05) is 0 Å². The molecule has 4 N–H and O–H groups in total. The Kier molecular flexibility index (Phi) is 2.28.